The SMILES string of the molecule is N#CCC(=O)Nc1cc(F)cc(Br)c1Cl. The molecule has 0 saturated heterocycles. The van der Waals surface area contributed by atoms with Crippen LogP contribution in [0.3, 0.4) is 0 Å². The maximum absolute atomic E-state index is 12.9. The third kappa shape index (κ3) is 3.18. The van der Waals surface area contributed by atoms with Gasteiger partial charge in [0.05, 0.1) is 16.8 Å². The van der Waals surface area contributed by atoms with E-state index in [-0.39, 0.29) is 17.1 Å². The molecule has 0 radical (unpaired) electrons. The van der Waals surface area contributed by atoms with Gasteiger partial charge in [0, 0.05) is 4.47 Å². The Morgan fingerprint density at radius 3 is 2.93 bits per heavy atom. The van der Waals surface area contributed by atoms with Crippen molar-refractivity contribution < 1.29 is 9.18 Å². The lowest BCUT2D eigenvalue weighted by Gasteiger charge is -2.06. The van der Waals surface area contributed by atoms with Crippen molar-refractivity contribution in [2.24, 2.45) is 0 Å². The standard InChI is InChI=1S/C9H5BrClFN2O/c10-6-3-5(12)4-7(9(6)11)14-8(15)1-2-13/h3-4H,1H2,(H,14,15). The summed E-state index contributed by atoms with van der Waals surface area (Å²) in [5.41, 5.74) is 0.142. The number of benzene rings is 1. The van der Waals surface area contributed by atoms with Crippen LogP contribution in [0.5, 0.6) is 0 Å². The van der Waals surface area contributed by atoms with Crippen LogP contribution in [0, 0.1) is 17.1 Å². The highest BCUT2D eigenvalue weighted by molar-refractivity contribution is 9.10. The summed E-state index contributed by atoms with van der Waals surface area (Å²) in [6.07, 6.45) is -0.301. The summed E-state index contributed by atoms with van der Waals surface area (Å²) < 4.78 is 13.3. The summed E-state index contributed by atoms with van der Waals surface area (Å²) in [6, 6.07) is 3.94. The predicted molar refractivity (Wildman–Crippen MR) is 58.0 cm³/mol. The topological polar surface area (TPSA) is 52.9 Å². The van der Waals surface area contributed by atoms with Gasteiger partial charge in [0.1, 0.15) is 12.2 Å². The largest absolute Gasteiger partial charge is 0.324 e. The van der Waals surface area contributed by atoms with Gasteiger partial charge in [-0.25, -0.2) is 4.39 Å². The average Bonchev–Trinajstić information content (AvgIpc) is 2.13. The summed E-state index contributed by atoms with van der Waals surface area (Å²) in [5, 5.41) is 10.8. The van der Waals surface area contributed by atoms with E-state index >= 15 is 0 Å². The molecule has 6 heteroatoms. The molecule has 78 valence electrons. The number of hydrogen-bond acceptors (Lipinski definition) is 2. The van der Waals surface area contributed by atoms with Crippen molar-refractivity contribution in [2.75, 3.05) is 5.32 Å². The number of amides is 1. The van der Waals surface area contributed by atoms with Crippen LogP contribution >= 0.6 is 27.5 Å². The number of hydrogen-bond donors (Lipinski definition) is 1. The minimum Gasteiger partial charge on any atom is -0.324 e. The second-order valence-corrected chi connectivity index (χ2v) is 3.86. The Labute approximate surface area is 99.0 Å². The quantitative estimate of drug-likeness (QED) is 0.851. The first-order valence-electron chi connectivity index (χ1n) is 3.86. The maximum Gasteiger partial charge on any atom is 0.238 e. The van der Waals surface area contributed by atoms with Gasteiger partial charge in [-0.05, 0) is 28.1 Å². The normalized spacial score (nSPS) is 9.47. The third-order valence-electron chi connectivity index (χ3n) is 1.51. The Morgan fingerprint density at radius 2 is 2.33 bits per heavy atom. The summed E-state index contributed by atoms with van der Waals surface area (Å²) in [4.78, 5) is 11.1. The van der Waals surface area contributed by atoms with Crippen LogP contribution in [-0.2, 0) is 4.79 Å². The van der Waals surface area contributed by atoms with Crippen molar-refractivity contribution in [1.29, 1.82) is 5.26 Å². The smallest absolute Gasteiger partial charge is 0.238 e. The summed E-state index contributed by atoms with van der Waals surface area (Å²) in [7, 11) is 0. The average molecular weight is 292 g/mol. The summed E-state index contributed by atoms with van der Waals surface area (Å²) in [5.74, 6) is -1.06. The molecular weight excluding hydrogens is 286 g/mol. The van der Waals surface area contributed by atoms with Crippen LogP contribution in [0.4, 0.5) is 10.1 Å². The molecule has 3 nitrogen and oxygen atoms in total. The number of nitriles is 1. The van der Waals surface area contributed by atoms with Crippen molar-refractivity contribution in [1.82, 2.24) is 0 Å². The van der Waals surface area contributed by atoms with E-state index < -0.39 is 11.7 Å². The molecule has 0 unspecified atom stereocenters. The zero-order valence-corrected chi connectivity index (χ0v) is 9.69. The van der Waals surface area contributed by atoms with Crippen LogP contribution < -0.4 is 5.32 Å². The molecule has 0 bridgehead atoms. The zero-order valence-electron chi connectivity index (χ0n) is 7.35. The van der Waals surface area contributed by atoms with E-state index in [1.807, 2.05) is 0 Å². The van der Waals surface area contributed by atoms with Gasteiger partial charge in [0.15, 0.2) is 0 Å². The molecule has 0 saturated carbocycles. The molecule has 0 aliphatic carbocycles. The van der Waals surface area contributed by atoms with Crippen molar-refractivity contribution in [2.45, 2.75) is 6.42 Å². The second-order valence-electron chi connectivity index (χ2n) is 2.63. The summed E-state index contributed by atoms with van der Waals surface area (Å²) in [6.45, 7) is 0. The van der Waals surface area contributed by atoms with E-state index in [4.69, 9.17) is 16.9 Å². The molecule has 1 N–H and O–H groups in total. The van der Waals surface area contributed by atoms with Crippen LogP contribution in [0.25, 0.3) is 0 Å². The van der Waals surface area contributed by atoms with Gasteiger partial charge in [-0.3, -0.25) is 4.79 Å². The number of halogens is 3. The number of carbonyl (C=O) groups excluding carboxylic acids is 1. The van der Waals surface area contributed by atoms with Gasteiger partial charge in [-0.1, -0.05) is 11.6 Å². The molecule has 1 amide bonds. The van der Waals surface area contributed by atoms with Crippen LogP contribution in [0.15, 0.2) is 16.6 Å². The first kappa shape index (κ1) is 12.0. The lowest BCUT2D eigenvalue weighted by Crippen LogP contribution is -2.10. The van der Waals surface area contributed by atoms with Crippen molar-refractivity contribution in [3.8, 4) is 6.07 Å². The fourth-order valence-corrected chi connectivity index (χ4v) is 1.50. The predicted octanol–water partition coefficient (Wildman–Crippen LogP) is 3.09. The lowest BCUT2D eigenvalue weighted by molar-refractivity contribution is -0.115. The van der Waals surface area contributed by atoms with Crippen molar-refractivity contribution in [3.63, 3.8) is 0 Å². The Bertz CT molecular complexity index is 444. The number of rotatable bonds is 2. The summed E-state index contributed by atoms with van der Waals surface area (Å²) >= 11 is 8.84. The number of nitrogens with zero attached hydrogens (tertiary/aromatic N) is 1. The monoisotopic (exact) mass is 290 g/mol. The molecule has 0 spiro atoms. The van der Waals surface area contributed by atoms with E-state index in [1.54, 1.807) is 6.07 Å². The molecule has 0 aromatic heterocycles. The molecule has 0 fully saturated rings. The van der Waals surface area contributed by atoms with Gasteiger partial charge in [-0.2, -0.15) is 5.26 Å². The van der Waals surface area contributed by atoms with Gasteiger partial charge in [0.25, 0.3) is 0 Å². The Hall–Kier alpha value is -1.12. The van der Waals surface area contributed by atoms with Gasteiger partial charge in [-0.15, -0.1) is 0 Å². The van der Waals surface area contributed by atoms with E-state index in [1.165, 1.54) is 6.07 Å². The minimum absolute atomic E-state index is 0.142. The van der Waals surface area contributed by atoms with E-state index in [0.29, 0.717) is 4.47 Å². The van der Waals surface area contributed by atoms with Gasteiger partial charge < -0.3 is 5.32 Å². The van der Waals surface area contributed by atoms with E-state index in [0.717, 1.165) is 6.07 Å². The fourth-order valence-electron chi connectivity index (χ4n) is 0.913. The Balaban J connectivity index is 2.95. The van der Waals surface area contributed by atoms with Crippen molar-refractivity contribution in [3.05, 3.63) is 27.4 Å². The Kier molecular flexibility index (Phi) is 4.06. The highest BCUT2D eigenvalue weighted by atomic mass is 79.9. The number of anilines is 1. The fraction of sp³-hybridized carbons (Fsp3) is 0.111. The lowest BCUT2D eigenvalue weighted by atomic mass is 10.3. The molecule has 1 aromatic carbocycles. The second kappa shape index (κ2) is 5.10. The first-order valence-corrected chi connectivity index (χ1v) is 5.03. The molecule has 0 heterocycles. The molecule has 1 rings (SSSR count). The van der Waals surface area contributed by atoms with E-state index in [9.17, 15) is 9.18 Å². The molecular formula is C9H5BrClFN2O. The van der Waals surface area contributed by atoms with Gasteiger partial charge in [0.2, 0.25) is 5.91 Å². The molecule has 0 aliphatic heterocycles. The van der Waals surface area contributed by atoms with Gasteiger partial charge >= 0.3 is 0 Å². The van der Waals surface area contributed by atoms with Crippen LogP contribution in [-0.4, -0.2) is 5.91 Å². The highest BCUT2D eigenvalue weighted by Gasteiger charge is 2.10. The Morgan fingerprint density at radius 1 is 1.67 bits per heavy atom. The molecule has 1 aromatic rings. The third-order valence-corrected chi connectivity index (χ3v) is 2.77. The number of nitrogens with one attached hydrogen (secondary N) is 1. The maximum atomic E-state index is 12.9. The first-order chi connectivity index (χ1) is 7.04. The zero-order chi connectivity index (χ0) is 11.4. The van der Waals surface area contributed by atoms with Crippen LogP contribution in [0.2, 0.25) is 5.02 Å². The van der Waals surface area contributed by atoms with E-state index in [2.05, 4.69) is 21.2 Å². The highest BCUT2D eigenvalue weighted by Crippen LogP contribution is 2.31. The molecule has 0 atom stereocenters. The molecule has 0 aliphatic rings. The van der Waals surface area contributed by atoms with Crippen LogP contribution in [0.1, 0.15) is 6.42 Å². The minimum atomic E-state index is -0.531. The molecule has 15 heavy (non-hydrogen) atoms. The number of carbonyl (C=O) groups is 1. The van der Waals surface area contributed by atoms with Crippen molar-refractivity contribution >= 4 is 39.1 Å².